The zero-order chi connectivity index (χ0) is 73.5. The molecule has 10 aromatic heterocycles. The van der Waals surface area contributed by atoms with Crippen molar-refractivity contribution in [1.29, 1.82) is 0 Å². The average Bonchev–Trinajstić information content (AvgIpc) is 1.62. The summed E-state index contributed by atoms with van der Waals surface area (Å²) in [4.78, 5) is 34.5. The van der Waals surface area contributed by atoms with Crippen LogP contribution in [0.5, 0.6) is 0 Å². The standard InChI is InChI=1S/C21H18N4O.C17H12ClN3.C17H14N4.C17H13N3.C16H10ClN3/c1-25-17-10-11-18(23-21(26)14-7-8-14)22-20(17)19(24-25)16-9-6-13-4-2-3-5-15(13)12-16;2*1-21-14-8-9-15(18)19-17(14)16(20-21)13-7-6-11-4-2-3-5-12(11)10-13;1-20-15-7-4-10-18-17(15)16(19-20)14-9-8-12-5-2-3-6-13(12)11-14;17-14-8-7-13-16(18-14)15(20-19-13)12-6-5-10-3-1-2-4-11(10)9-12/h2-6,9-12,14H,7-8H2,1H3,(H,22,23,26);2-10H,1H3;2-10H,1H3,(H2,18,19);2-11H,1H3;1-9H,(H,19,20). The summed E-state index contributed by atoms with van der Waals surface area (Å²) >= 11 is 12.0. The Morgan fingerprint density at radius 2 is 0.722 bits per heavy atom. The van der Waals surface area contributed by atoms with Crippen LogP contribution < -0.4 is 11.1 Å². The topological polar surface area (TPSA) is 220 Å². The van der Waals surface area contributed by atoms with E-state index >= 15 is 0 Å². The molecule has 20 heteroatoms. The molecule has 1 aliphatic rings. The summed E-state index contributed by atoms with van der Waals surface area (Å²) in [7, 11) is 7.71. The molecular weight excluding hydrogens is 1380 g/mol. The van der Waals surface area contributed by atoms with Gasteiger partial charge in [-0.1, -0.05) is 205 Å². The second-order valence-electron chi connectivity index (χ2n) is 26.6. The number of hydrogen-bond acceptors (Lipinski definition) is 12. The predicted octanol–water partition coefficient (Wildman–Crippen LogP) is 20.2. The van der Waals surface area contributed by atoms with Gasteiger partial charge in [0.1, 0.15) is 78.0 Å². The normalized spacial score (nSPS) is 11.9. The molecule has 0 unspecified atom stereocenters. The summed E-state index contributed by atoms with van der Waals surface area (Å²) in [6.07, 6.45) is 3.77. The Morgan fingerprint density at radius 1 is 0.370 bits per heavy atom. The molecule has 20 aromatic rings. The lowest BCUT2D eigenvalue weighted by molar-refractivity contribution is -0.117. The maximum absolute atomic E-state index is 12.0. The number of carbonyl (C=O) groups excluding carboxylic acids is 1. The first-order valence-corrected chi connectivity index (χ1v) is 36.0. The fourth-order valence-corrected chi connectivity index (χ4v) is 14.0. The molecule has 0 aliphatic heterocycles. The van der Waals surface area contributed by atoms with Crippen LogP contribution in [0.1, 0.15) is 12.8 Å². The number of nitrogens with one attached hydrogen (secondary N) is 2. The number of fused-ring (bicyclic) bond motifs is 10. The van der Waals surface area contributed by atoms with Gasteiger partial charge in [-0.15, -0.1) is 0 Å². The first-order chi connectivity index (χ1) is 52.8. The van der Waals surface area contributed by atoms with Crippen molar-refractivity contribution in [1.82, 2.24) is 74.2 Å². The molecule has 18 nitrogen and oxygen atoms in total. The molecule has 1 aliphatic carbocycles. The number of benzene rings is 10. The van der Waals surface area contributed by atoms with Crippen LogP contribution in [0.3, 0.4) is 0 Å². The Balaban J connectivity index is 0.0000000992. The SMILES string of the molecule is Clc1ccc2[nH]nc(-c3ccc4ccccc4c3)c2n1.Cn1nc(-c2ccc3ccccc3c2)c2nc(Cl)ccc21.Cn1nc(-c2ccc3ccccc3c2)c2nc(N)ccc21.Cn1nc(-c2ccc3ccccc3c2)c2nc(NC(=O)C3CC3)ccc21.Cn1nc(-c2ccc3ccccc3c2)c2ncccc21. The third-order valence-corrected chi connectivity index (χ3v) is 19.8. The Labute approximate surface area is 628 Å². The van der Waals surface area contributed by atoms with Gasteiger partial charge in [0.15, 0.2) is 0 Å². The third kappa shape index (κ3) is 13.7. The summed E-state index contributed by atoms with van der Waals surface area (Å²) in [5, 5.41) is 41.8. The lowest BCUT2D eigenvalue weighted by Gasteiger charge is -2.04. The number of aromatic amines is 1. The highest BCUT2D eigenvalue weighted by molar-refractivity contribution is 6.30. The smallest absolute Gasteiger partial charge is 0.228 e. The van der Waals surface area contributed by atoms with E-state index in [0.29, 0.717) is 21.9 Å². The minimum Gasteiger partial charge on any atom is -0.384 e. The fraction of sp³-hybridized carbons (Fsp3) is 0.0795. The van der Waals surface area contributed by atoms with Crippen molar-refractivity contribution in [3.63, 3.8) is 0 Å². The van der Waals surface area contributed by atoms with Gasteiger partial charge < -0.3 is 11.1 Å². The molecule has 524 valence electrons. The first kappa shape index (κ1) is 67.6. The summed E-state index contributed by atoms with van der Waals surface area (Å²) < 4.78 is 7.39. The van der Waals surface area contributed by atoms with Gasteiger partial charge in [0.2, 0.25) is 5.91 Å². The van der Waals surface area contributed by atoms with Gasteiger partial charge in [0.25, 0.3) is 0 Å². The average molecular weight is 1450 g/mol. The molecular formula is C88H67Cl2N17O. The number of H-pyrrole nitrogens is 1. The maximum Gasteiger partial charge on any atom is 0.228 e. The van der Waals surface area contributed by atoms with E-state index in [9.17, 15) is 4.79 Å². The maximum atomic E-state index is 12.0. The quantitative estimate of drug-likeness (QED) is 0.127. The highest BCUT2D eigenvalue weighted by atomic mass is 35.5. The Hall–Kier alpha value is -13.6. The molecule has 0 spiro atoms. The molecule has 10 heterocycles. The van der Waals surface area contributed by atoms with E-state index in [1.165, 1.54) is 53.9 Å². The number of anilines is 2. The van der Waals surface area contributed by atoms with Gasteiger partial charge in [-0.3, -0.25) is 33.6 Å². The molecule has 108 heavy (non-hydrogen) atoms. The van der Waals surface area contributed by atoms with Crippen LogP contribution in [0.25, 0.3) is 165 Å². The number of nitrogens with zero attached hydrogens (tertiary/aromatic N) is 14. The second-order valence-corrected chi connectivity index (χ2v) is 27.4. The summed E-state index contributed by atoms with van der Waals surface area (Å²) in [6, 6.07) is 92.0. The molecule has 4 N–H and O–H groups in total. The van der Waals surface area contributed by atoms with E-state index in [-0.39, 0.29) is 11.8 Å². The van der Waals surface area contributed by atoms with Crippen molar-refractivity contribution < 1.29 is 4.79 Å². The number of aromatic nitrogens is 15. The van der Waals surface area contributed by atoms with Gasteiger partial charge in [-0.05, 0) is 158 Å². The monoisotopic (exact) mass is 1450 g/mol. The number of rotatable bonds is 7. The van der Waals surface area contributed by atoms with E-state index in [0.717, 1.165) is 124 Å². The number of pyridine rings is 5. The van der Waals surface area contributed by atoms with Gasteiger partial charge >= 0.3 is 0 Å². The lowest BCUT2D eigenvalue weighted by Crippen LogP contribution is -2.14. The van der Waals surface area contributed by atoms with Gasteiger partial charge in [-0.2, -0.15) is 25.5 Å². The molecule has 1 amide bonds. The Morgan fingerprint density at radius 3 is 1.16 bits per heavy atom. The van der Waals surface area contributed by atoms with Crippen LogP contribution >= 0.6 is 23.2 Å². The molecule has 1 fully saturated rings. The zero-order valence-electron chi connectivity index (χ0n) is 59.1. The number of amides is 1. The fourth-order valence-electron chi connectivity index (χ4n) is 13.7. The minimum atomic E-state index is 0.0630. The summed E-state index contributed by atoms with van der Waals surface area (Å²) in [5.74, 6) is 1.32. The number of aryl methyl sites for hydroxylation is 4. The Kier molecular flexibility index (Phi) is 18.0. The molecule has 0 atom stereocenters. The first-order valence-electron chi connectivity index (χ1n) is 35.2. The number of hydrogen-bond donors (Lipinski definition) is 3. The molecule has 21 rings (SSSR count). The zero-order valence-corrected chi connectivity index (χ0v) is 60.6. The van der Waals surface area contributed by atoms with Crippen molar-refractivity contribution in [3.8, 4) is 56.3 Å². The van der Waals surface area contributed by atoms with E-state index in [4.69, 9.17) is 28.9 Å². The van der Waals surface area contributed by atoms with E-state index in [1.807, 2.05) is 144 Å². The van der Waals surface area contributed by atoms with E-state index < -0.39 is 0 Å². The van der Waals surface area contributed by atoms with Gasteiger partial charge in [-0.25, -0.2) is 19.9 Å². The van der Waals surface area contributed by atoms with Gasteiger partial charge in [0.05, 0.1) is 27.6 Å². The van der Waals surface area contributed by atoms with Crippen molar-refractivity contribution >= 4 is 150 Å². The number of nitrogens with two attached hydrogens (primary N) is 1. The van der Waals surface area contributed by atoms with Crippen molar-refractivity contribution in [3.05, 3.63) is 289 Å². The minimum absolute atomic E-state index is 0.0630. The van der Waals surface area contributed by atoms with Crippen molar-refractivity contribution in [2.45, 2.75) is 12.8 Å². The van der Waals surface area contributed by atoms with Crippen LogP contribution in [0.15, 0.2) is 279 Å². The number of carbonyl (C=O) groups is 1. The van der Waals surface area contributed by atoms with Crippen LogP contribution in [-0.4, -0.2) is 80.1 Å². The van der Waals surface area contributed by atoms with Crippen LogP contribution in [0, 0.1) is 5.92 Å². The number of nitrogen functional groups attached to an aromatic ring is 1. The molecule has 0 radical (unpaired) electrons. The largest absolute Gasteiger partial charge is 0.384 e. The molecule has 1 saturated carbocycles. The van der Waals surface area contributed by atoms with Crippen LogP contribution in [0.4, 0.5) is 11.6 Å². The van der Waals surface area contributed by atoms with Crippen LogP contribution in [0.2, 0.25) is 10.3 Å². The van der Waals surface area contributed by atoms with Crippen LogP contribution in [-0.2, 0) is 33.0 Å². The second kappa shape index (κ2) is 28.8. The third-order valence-electron chi connectivity index (χ3n) is 19.4. The highest BCUT2D eigenvalue weighted by Gasteiger charge is 2.30. The van der Waals surface area contributed by atoms with E-state index in [2.05, 4.69) is 225 Å². The molecule has 0 saturated heterocycles. The van der Waals surface area contributed by atoms with Crippen molar-refractivity contribution in [2.75, 3.05) is 11.1 Å². The van der Waals surface area contributed by atoms with Crippen molar-refractivity contribution in [2.24, 2.45) is 34.1 Å². The summed E-state index contributed by atoms with van der Waals surface area (Å²) in [6.45, 7) is 0. The van der Waals surface area contributed by atoms with E-state index in [1.54, 1.807) is 18.2 Å². The highest BCUT2D eigenvalue weighted by Crippen LogP contribution is 2.36. The van der Waals surface area contributed by atoms with Gasteiger partial charge in [0, 0.05) is 68.1 Å². The predicted molar refractivity (Wildman–Crippen MR) is 438 cm³/mol. The lowest BCUT2D eigenvalue weighted by atomic mass is 10.0. The summed E-state index contributed by atoms with van der Waals surface area (Å²) in [5.41, 5.74) is 24.5. The molecule has 10 aromatic carbocycles. The number of halogens is 2. The molecule has 0 bridgehead atoms. The Bertz CT molecular complexity index is 6690.